The van der Waals surface area contributed by atoms with Crippen LogP contribution in [0.25, 0.3) is 11.0 Å². The van der Waals surface area contributed by atoms with Gasteiger partial charge in [0.25, 0.3) is 5.91 Å². The number of aromatic nitrogens is 2. The van der Waals surface area contributed by atoms with Crippen molar-refractivity contribution in [3.63, 3.8) is 0 Å². The summed E-state index contributed by atoms with van der Waals surface area (Å²) in [6, 6.07) is 22.7. The van der Waals surface area contributed by atoms with Crippen molar-refractivity contribution in [1.82, 2.24) is 14.9 Å². The second-order valence-electron chi connectivity index (χ2n) is 6.81. The third-order valence-electron chi connectivity index (χ3n) is 4.95. The van der Waals surface area contributed by atoms with Gasteiger partial charge in [0.1, 0.15) is 5.82 Å². The Morgan fingerprint density at radius 3 is 2.64 bits per heavy atom. The molecule has 142 valence electrons. The molecule has 4 rings (SSSR count). The van der Waals surface area contributed by atoms with Crippen molar-refractivity contribution in [3.05, 3.63) is 88.4 Å². The van der Waals surface area contributed by atoms with Gasteiger partial charge in [-0.2, -0.15) is 0 Å². The van der Waals surface area contributed by atoms with Gasteiger partial charge in [0, 0.05) is 13.0 Å². The van der Waals surface area contributed by atoms with E-state index in [-0.39, 0.29) is 11.9 Å². The minimum atomic E-state index is 0.00107. The van der Waals surface area contributed by atoms with Crippen molar-refractivity contribution < 1.29 is 4.79 Å². The maximum atomic E-state index is 12.1. The number of hydrogen-bond acceptors (Lipinski definition) is 3. The number of para-hydroxylation sites is 2. The average Bonchev–Trinajstić information content (AvgIpc) is 3.39. The first-order valence-corrected chi connectivity index (χ1v) is 10.4. The molecule has 1 N–H and O–H groups in total. The molecule has 0 aliphatic heterocycles. The van der Waals surface area contributed by atoms with E-state index in [1.807, 2.05) is 29.6 Å². The number of nitrogens with one attached hydrogen (secondary N) is 1. The monoisotopic (exact) mass is 389 g/mol. The molecule has 4 aromatic rings. The Bertz CT molecular complexity index is 1050. The normalized spacial score (nSPS) is 12.2. The zero-order valence-electron chi connectivity index (χ0n) is 15.8. The molecule has 4 nitrogen and oxygen atoms in total. The third kappa shape index (κ3) is 3.85. The van der Waals surface area contributed by atoms with Crippen LogP contribution in [0, 0.1) is 0 Å². The molecule has 1 amide bonds. The summed E-state index contributed by atoms with van der Waals surface area (Å²) >= 11 is 1.46. The van der Waals surface area contributed by atoms with Crippen molar-refractivity contribution in [1.29, 1.82) is 0 Å². The summed E-state index contributed by atoms with van der Waals surface area (Å²) in [5.41, 5.74) is 3.43. The van der Waals surface area contributed by atoms with Crippen LogP contribution < -0.4 is 5.32 Å². The van der Waals surface area contributed by atoms with Crippen LogP contribution in [0.2, 0.25) is 0 Å². The highest BCUT2D eigenvalue weighted by atomic mass is 32.1. The number of imidazole rings is 1. The summed E-state index contributed by atoms with van der Waals surface area (Å²) in [4.78, 5) is 17.7. The fourth-order valence-electron chi connectivity index (χ4n) is 3.53. The summed E-state index contributed by atoms with van der Waals surface area (Å²) in [5.74, 6) is 1.06. The molecule has 0 fully saturated rings. The highest BCUT2D eigenvalue weighted by Gasteiger charge is 2.17. The predicted molar refractivity (Wildman–Crippen MR) is 115 cm³/mol. The Labute approximate surface area is 168 Å². The molecule has 0 spiro atoms. The highest BCUT2D eigenvalue weighted by molar-refractivity contribution is 7.12. The maximum Gasteiger partial charge on any atom is 0.261 e. The Morgan fingerprint density at radius 2 is 1.86 bits per heavy atom. The second kappa shape index (κ2) is 8.40. The Hall–Kier alpha value is -2.92. The molecule has 1 unspecified atom stereocenters. The average molecular weight is 390 g/mol. The highest BCUT2D eigenvalue weighted by Crippen LogP contribution is 2.26. The van der Waals surface area contributed by atoms with Gasteiger partial charge in [-0.3, -0.25) is 4.79 Å². The summed E-state index contributed by atoms with van der Waals surface area (Å²) in [5, 5.41) is 4.92. The number of hydrogen-bond donors (Lipinski definition) is 1. The number of carbonyl (C=O) groups excluding carboxylic acids is 1. The van der Waals surface area contributed by atoms with Gasteiger partial charge in [-0.05, 0) is 42.5 Å². The van der Waals surface area contributed by atoms with E-state index < -0.39 is 0 Å². The molecule has 1 atom stereocenters. The zero-order valence-corrected chi connectivity index (χ0v) is 16.7. The van der Waals surface area contributed by atoms with Crippen LogP contribution in [0.15, 0.2) is 72.1 Å². The largest absolute Gasteiger partial charge is 0.351 e. The molecule has 0 radical (unpaired) electrons. The lowest BCUT2D eigenvalue weighted by molar-refractivity contribution is 0.0957. The van der Waals surface area contributed by atoms with Gasteiger partial charge in [-0.15, -0.1) is 11.3 Å². The van der Waals surface area contributed by atoms with Crippen LogP contribution in [-0.4, -0.2) is 22.0 Å². The molecular weight excluding hydrogens is 366 g/mol. The van der Waals surface area contributed by atoms with Crippen LogP contribution in [-0.2, 0) is 6.42 Å². The fraction of sp³-hybridized carbons (Fsp3) is 0.217. The topological polar surface area (TPSA) is 46.9 Å². The Kier molecular flexibility index (Phi) is 5.53. The van der Waals surface area contributed by atoms with Crippen LogP contribution in [0.1, 0.15) is 40.4 Å². The number of benzene rings is 2. The fourth-order valence-corrected chi connectivity index (χ4v) is 4.17. The summed E-state index contributed by atoms with van der Waals surface area (Å²) < 4.78 is 2.33. The van der Waals surface area contributed by atoms with E-state index in [4.69, 9.17) is 4.98 Å². The summed E-state index contributed by atoms with van der Waals surface area (Å²) in [7, 11) is 0. The molecule has 0 aliphatic rings. The SMILES string of the molecule is CC(c1ccccc1)n1c(CCCNC(=O)c2cccs2)nc2ccccc21. The van der Waals surface area contributed by atoms with Gasteiger partial charge >= 0.3 is 0 Å². The first-order chi connectivity index (χ1) is 13.7. The number of carbonyl (C=O) groups is 1. The van der Waals surface area contributed by atoms with Crippen LogP contribution in [0.5, 0.6) is 0 Å². The minimum Gasteiger partial charge on any atom is -0.351 e. The molecule has 28 heavy (non-hydrogen) atoms. The number of thiophene rings is 1. The number of rotatable bonds is 7. The van der Waals surface area contributed by atoms with Crippen molar-refractivity contribution in [2.45, 2.75) is 25.8 Å². The Balaban J connectivity index is 1.51. The molecule has 0 saturated carbocycles. The molecule has 0 aliphatic carbocycles. The summed E-state index contributed by atoms with van der Waals surface area (Å²) in [6.07, 6.45) is 1.67. The number of nitrogens with zero attached hydrogens (tertiary/aromatic N) is 2. The van der Waals surface area contributed by atoms with E-state index in [1.165, 1.54) is 16.9 Å². The molecule has 0 bridgehead atoms. The van der Waals surface area contributed by atoms with E-state index in [0.29, 0.717) is 6.54 Å². The lowest BCUT2D eigenvalue weighted by atomic mass is 10.1. The first kappa shape index (κ1) is 18.4. The lowest BCUT2D eigenvalue weighted by Gasteiger charge is -2.18. The number of aryl methyl sites for hydroxylation is 1. The van der Waals surface area contributed by atoms with Gasteiger partial charge in [0.2, 0.25) is 0 Å². The quantitative estimate of drug-likeness (QED) is 0.449. The van der Waals surface area contributed by atoms with Gasteiger partial charge in [-0.1, -0.05) is 48.5 Å². The Morgan fingerprint density at radius 1 is 1.07 bits per heavy atom. The summed E-state index contributed by atoms with van der Waals surface area (Å²) in [6.45, 7) is 2.85. The van der Waals surface area contributed by atoms with Gasteiger partial charge in [0.05, 0.1) is 22.0 Å². The zero-order chi connectivity index (χ0) is 19.3. The molecule has 0 saturated heterocycles. The standard InChI is InChI=1S/C23H23N3OS/c1-17(18-9-3-2-4-10-18)26-20-12-6-5-11-19(20)25-22(26)14-7-15-24-23(27)21-13-8-16-28-21/h2-6,8-13,16-17H,7,14-15H2,1H3,(H,24,27). The molecular formula is C23H23N3OS. The van der Waals surface area contributed by atoms with E-state index in [1.54, 1.807) is 0 Å². The van der Waals surface area contributed by atoms with Crippen LogP contribution in [0.4, 0.5) is 0 Å². The van der Waals surface area contributed by atoms with E-state index in [2.05, 4.69) is 59.3 Å². The number of amides is 1. The second-order valence-corrected chi connectivity index (χ2v) is 7.76. The molecule has 2 heterocycles. The number of fused-ring (bicyclic) bond motifs is 1. The third-order valence-corrected chi connectivity index (χ3v) is 5.81. The first-order valence-electron chi connectivity index (χ1n) is 9.56. The van der Waals surface area contributed by atoms with Crippen molar-refractivity contribution in [2.75, 3.05) is 6.54 Å². The van der Waals surface area contributed by atoms with E-state index in [9.17, 15) is 4.79 Å². The molecule has 2 aromatic heterocycles. The molecule has 2 aromatic carbocycles. The van der Waals surface area contributed by atoms with Gasteiger partial charge < -0.3 is 9.88 Å². The van der Waals surface area contributed by atoms with Gasteiger partial charge in [-0.25, -0.2) is 4.98 Å². The van der Waals surface area contributed by atoms with Crippen molar-refractivity contribution in [3.8, 4) is 0 Å². The maximum absolute atomic E-state index is 12.1. The van der Waals surface area contributed by atoms with Crippen LogP contribution in [0.3, 0.4) is 0 Å². The minimum absolute atomic E-state index is 0.00107. The molecule has 5 heteroatoms. The van der Waals surface area contributed by atoms with Crippen molar-refractivity contribution in [2.24, 2.45) is 0 Å². The van der Waals surface area contributed by atoms with Crippen LogP contribution >= 0.6 is 11.3 Å². The predicted octanol–water partition coefficient (Wildman–Crippen LogP) is 5.07. The van der Waals surface area contributed by atoms with E-state index >= 15 is 0 Å². The van der Waals surface area contributed by atoms with E-state index in [0.717, 1.165) is 34.6 Å². The van der Waals surface area contributed by atoms with Gasteiger partial charge in [0.15, 0.2) is 0 Å². The smallest absolute Gasteiger partial charge is 0.261 e. The lowest BCUT2D eigenvalue weighted by Crippen LogP contribution is -2.24. The van der Waals surface area contributed by atoms with Crippen molar-refractivity contribution >= 4 is 28.3 Å².